The monoisotopic (exact) mass is 416 g/mol. The molecule has 3 aromatic carbocycles. The van der Waals surface area contributed by atoms with Crippen LogP contribution in [0.2, 0.25) is 5.02 Å². The smallest absolute Gasteiger partial charge is 0.293 e. The van der Waals surface area contributed by atoms with Crippen LogP contribution in [0.4, 0.5) is 22.7 Å². The van der Waals surface area contributed by atoms with Crippen molar-refractivity contribution in [3.63, 3.8) is 0 Å². The van der Waals surface area contributed by atoms with E-state index in [2.05, 4.69) is 25.6 Å². The van der Waals surface area contributed by atoms with Gasteiger partial charge in [-0.25, -0.2) is 4.68 Å². The zero-order valence-electron chi connectivity index (χ0n) is 16.0. The Balaban J connectivity index is 1.52. The van der Waals surface area contributed by atoms with Crippen LogP contribution in [0.25, 0.3) is 5.69 Å². The minimum absolute atomic E-state index is 0.248. The van der Waals surface area contributed by atoms with Crippen LogP contribution in [0.1, 0.15) is 5.69 Å². The highest BCUT2D eigenvalue weighted by Crippen LogP contribution is 2.23. The Labute approximate surface area is 177 Å². The van der Waals surface area contributed by atoms with E-state index in [4.69, 9.17) is 11.6 Å². The van der Waals surface area contributed by atoms with Crippen LogP contribution >= 0.6 is 11.6 Å². The van der Waals surface area contributed by atoms with Gasteiger partial charge >= 0.3 is 0 Å². The predicted molar refractivity (Wildman–Crippen MR) is 117 cm³/mol. The summed E-state index contributed by atoms with van der Waals surface area (Å²) in [5.41, 5.74) is 3.33. The van der Waals surface area contributed by atoms with E-state index in [1.54, 1.807) is 55.5 Å². The molecule has 0 aliphatic rings. The van der Waals surface area contributed by atoms with Crippen molar-refractivity contribution in [3.05, 3.63) is 99.9 Å². The zero-order valence-corrected chi connectivity index (χ0v) is 16.8. The molecule has 1 N–H and O–H groups in total. The van der Waals surface area contributed by atoms with Crippen molar-refractivity contribution in [1.82, 2.24) is 9.78 Å². The Kier molecular flexibility index (Phi) is 5.63. The lowest BCUT2D eigenvalue weighted by Crippen LogP contribution is -2.13. The molecule has 0 amide bonds. The summed E-state index contributed by atoms with van der Waals surface area (Å²) < 4.78 is 1.41. The Morgan fingerprint density at radius 1 is 0.733 bits per heavy atom. The maximum absolute atomic E-state index is 12.7. The number of nitrogens with zero attached hydrogens (tertiary/aromatic N) is 5. The number of benzene rings is 3. The maximum atomic E-state index is 12.7. The number of aromatic nitrogens is 2. The highest BCUT2D eigenvalue weighted by atomic mass is 35.5. The molecule has 4 rings (SSSR count). The second-order valence-corrected chi connectivity index (χ2v) is 6.89. The van der Waals surface area contributed by atoms with Crippen LogP contribution < -0.4 is 5.56 Å². The molecule has 0 aliphatic heterocycles. The average molecular weight is 417 g/mol. The van der Waals surface area contributed by atoms with E-state index in [1.165, 1.54) is 4.68 Å². The Bertz CT molecular complexity index is 1260. The maximum Gasteiger partial charge on any atom is 0.299 e. The summed E-state index contributed by atoms with van der Waals surface area (Å²) in [6.07, 6.45) is 0. The van der Waals surface area contributed by atoms with Gasteiger partial charge in [-0.1, -0.05) is 29.8 Å². The van der Waals surface area contributed by atoms with Crippen molar-refractivity contribution in [2.24, 2.45) is 20.5 Å². The molecule has 0 fully saturated rings. The van der Waals surface area contributed by atoms with Gasteiger partial charge in [-0.2, -0.15) is 15.3 Å². The third-order valence-corrected chi connectivity index (χ3v) is 4.53. The fourth-order valence-electron chi connectivity index (χ4n) is 2.73. The minimum atomic E-state index is -0.285. The first-order valence-electron chi connectivity index (χ1n) is 9.16. The SMILES string of the molecule is Cc1[nH]n(-c2ccc(Cl)cc2)c(=O)c1N=Nc1ccc(N=Nc2ccccc2)cc1. The number of aryl methyl sites for hydroxylation is 1. The molecule has 7 nitrogen and oxygen atoms in total. The normalized spacial score (nSPS) is 11.5. The van der Waals surface area contributed by atoms with E-state index >= 15 is 0 Å². The van der Waals surface area contributed by atoms with E-state index in [-0.39, 0.29) is 11.2 Å². The van der Waals surface area contributed by atoms with Crippen molar-refractivity contribution < 1.29 is 0 Å². The molecule has 0 radical (unpaired) electrons. The number of aromatic amines is 1. The number of azo groups is 2. The number of hydrogen-bond donors (Lipinski definition) is 1. The second kappa shape index (κ2) is 8.67. The van der Waals surface area contributed by atoms with Crippen molar-refractivity contribution in [1.29, 1.82) is 0 Å². The Hall–Kier alpha value is -3.84. The van der Waals surface area contributed by atoms with Gasteiger partial charge in [-0.3, -0.25) is 9.89 Å². The van der Waals surface area contributed by atoms with E-state index in [9.17, 15) is 4.79 Å². The number of rotatable bonds is 5. The van der Waals surface area contributed by atoms with Gasteiger partial charge < -0.3 is 0 Å². The summed E-state index contributed by atoms with van der Waals surface area (Å²) in [5, 5.41) is 20.3. The fraction of sp³-hybridized carbons (Fsp3) is 0.0455. The Morgan fingerprint density at radius 3 is 1.87 bits per heavy atom. The largest absolute Gasteiger partial charge is 0.299 e. The quantitative estimate of drug-likeness (QED) is 0.350. The third kappa shape index (κ3) is 4.42. The van der Waals surface area contributed by atoms with E-state index in [0.29, 0.717) is 27.8 Å². The number of H-pyrrole nitrogens is 1. The second-order valence-electron chi connectivity index (χ2n) is 6.45. The molecule has 0 bridgehead atoms. The lowest BCUT2D eigenvalue weighted by atomic mass is 10.3. The number of halogens is 1. The highest BCUT2D eigenvalue weighted by molar-refractivity contribution is 6.30. The van der Waals surface area contributed by atoms with Gasteiger partial charge in [0.25, 0.3) is 5.56 Å². The molecule has 8 heteroatoms. The molecule has 0 saturated carbocycles. The highest BCUT2D eigenvalue weighted by Gasteiger charge is 2.12. The molecule has 1 aromatic heterocycles. The van der Waals surface area contributed by atoms with Crippen molar-refractivity contribution in [2.75, 3.05) is 0 Å². The van der Waals surface area contributed by atoms with E-state index in [1.807, 2.05) is 30.3 Å². The van der Waals surface area contributed by atoms with Crippen LogP contribution in [0, 0.1) is 6.92 Å². The van der Waals surface area contributed by atoms with Gasteiger partial charge in [-0.15, -0.1) is 5.11 Å². The first kappa shape index (κ1) is 19.5. The number of hydrogen-bond acceptors (Lipinski definition) is 5. The van der Waals surface area contributed by atoms with Gasteiger partial charge in [0, 0.05) is 5.02 Å². The van der Waals surface area contributed by atoms with Crippen molar-refractivity contribution in [3.8, 4) is 5.69 Å². The number of nitrogens with one attached hydrogen (secondary N) is 1. The molecule has 30 heavy (non-hydrogen) atoms. The molecular formula is C22H17ClN6O. The summed E-state index contributed by atoms with van der Waals surface area (Å²) in [6, 6.07) is 23.5. The molecule has 0 aliphatic carbocycles. The van der Waals surface area contributed by atoms with Gasteiger partial charge in [0.05, 0.1) is 28.4 Å². The van der Waals surface area contributed by atoms with Crippen molar-refractivity contribution in [2.45, 2.75) is 6.92 Å². The Morgan fingerprint density at radius 2 is 1.27 bits per heavy atom. The molecule has 148 valence electrons. The summed E-state index contributed by atoms with van der Waals surface area (Å²) in [6.45, 7) is 1.77. The zero-order chi connectivity index (χ0) is 20.9. The van der Waals surface area contributed by atoms with Crippen molar-refractivity contribution >= 4 is 34.4 Å². The van der Waals surface area contributed by atoms with Crippen LogP contribution in [0.5, 0.6) is 0 Å². The van der Waals surface area contributed by atoms with E-state index in [0.717, 1.165) is 5.69 Å². The molecule has 0 saturated heterocycles. The first-order chi connectivity index (χ1) is 14.6. The summed E-state index contributed by atoms with van der Waals surface area (Å²) in [7, 11) is 0. The molecule has 4 aromatic rings. The molecule has 0 atom stereocenters. The first-order valence-corrected chi connectivity index (χ1v) is 9.54. The van der Waals surface area contributed by atoms with Gasteiger partial charge in [0.15, 0.2) is 5.69 Å². The average Bonchev–Trinajstić information content (AvgIpc) is 3.06. The summed E-state index contributed by atoms with van der Waals surface area (Å²) in [4.78, 5) is 12.7. The van der Waals surface area contributed by atoms with Crippen LogP contribution in [-0.2, 0) is 0 Å². The summed E-state index contributed by atoms with van der Waals surface area (Å²) >= 11 is 5.91. The molecule has 1 heterocycles. The fourth-order valence-corrected chi connectivity index (χ4v) is 2.86. The molecular weight excluding hydrogens is 400 g/mol. The molecule has 0 unspecified atom stereocenters. The van der Waals surface area contributed by atoms with Crippen LogP contribution in [0.3, 0.4) is 0 Å². The topological polar surface area (TPSA) is 87.2 Å². The standard InChI is InChI=1S/C22H17ClN6O/c1-15-21(22(30)29(28-15)20-13-7-16(23)8-14-20)27-26-19-11-9-18(10-12-19)25-24-17-5-3-2-4-6-17/h2-14,28H,1H3. The van der Waals surface area contributed by atoms with E-state index < -0.39 is 0 Å². The van der Waals surface area contributed by atoms with Gasteiger partial charge in [0.1, 0.15) is 0 Å². The lowest BCUT2D eigenvalue weighted by molar-refractivity contribution is 0.835. The lowest BCUT2D eigenvalue weighted by Gasteiger charge is -2.00. The third-order valence-electron chi connectivity index (χ3n) is 4.28. The molecule has 0 spiro atoms. The van der Waals surface area contributed by atoms with Gasteiger partial charge in [0.2, 0.25) is 0 Å². The summed E-state index contributed by atoms with van der Waals surface area (Å²) in [5.74, 6) is 0. The van der Waals surface area contributed by atoms with Crippen LogP contribution in [0.15, 0.2) is 104 Å². The van der Waals surface area contributed by atoms with Crippen LogP contribution in [-0.4, -0.2) is 9.78 Å². The minimum Gasteiger partial charge on any atom is -0.293 e. The predicted octanol–water partition coefficient (Wildman–Crippen LogP) is 6.96. The van der Waals surface area contributed by atoms with Gasteiger partial charge in [-0.05, 0) is 67.6 Å².